The van der Waals surface area contributed by atoms with E-state index in [1.807, 2.05) is 18.2 Å². The second kappa shape index (κ2) is 4.76. The lowest BCUT2D eigenvalue weighted by Crippen LogP contribution is -2.05. The van der Waals surface area contributed by atoms with Crippen molar-refractivity contribution in [2.24, 2.45) is 5.73 Å². The summed E-state index contributed by atoms with van der Waals surface area (Å²) >= 11 is 3.41. The van der Waals surface area contributed by atoms with Crippen LogP contribution in [0.5, 0.6) is 0 Å². The summed E-state index contributed by atoms with van der Waals surface area (Å²) in [7, 11) is 0. The third kappa shape index (κ3) is 2.31. The van der Waals surface area contributed by atoms with Gasteiger partial charge in [0.25, 0.3) is 0 Å². The summed E-state index contributed by atoms with van der Waals surface area (Å²) in [5.74, 6) is 0.317. The second-order valence-electron chi connectivity index (χ2n) is 3.58. The van der Waals surface area contributed by atoms with E-state index in [-0.39, 0.29) is 0 Å². The Morgan fingerprint density at radius 1 is 1.25 bits per heavy atom. The number of hydrogen-bond donors (Lipinski definition) is 2. The van der Waals surface area contributed by atoms with Gasteiger partial charge in [0.2, 0.25) is 5.95 Å². The molecule has 0 spiro atoms. The Kier molecular flexibility index (Phi) is 3.36. The topological polar surface area (TPSA) is 77.8 Å². The Morgan fingerprint density at radius 3 is 2.81 bits per heavy atom. The van der Waals surface area contributed by atoms with Gasteiger partial charge in [-0.1, -0.05) is 15.9 Å². The number of aromatic nitrogens is 2. The summed E-state index contributed by atoms with van der Waals surface area (Å²) in [6.07, 6.45) is 1.74. The molecule has 2 aromatic rings. The number of nitrogens with two attached hydrogens (primary N) is 2. The maximum Gasteiger partial charge on any atom is 0.220 e. The van der Waals surface area contributed by atoms with Gasteiger partial charge >= 0.3 is 0 Å². The molecule has 0 aliphatic rings. The molecule has 0 fully saturated rings. The van der Waals surface area contributed by atoms with Crippen molar-refractivity contribution in [2.45, 2.75) is 12.8 Å². The van der Waals surface area contributed by atoms with Gasteiger partial charge in [0.15, 0.2) is 0 Å². The van der Waals surface area contributed by atoms with Crippen LogP contribution in [0.2, 0.25) is 0 Å². The lowest BCUT2D eigenvalue weighted by molar-refractivity contribution is 0.815. The fourth-order valence-corrected chi connectivity index (χ4v) is 2.00. The first-order chi connectivity index (χ1) is 7.70. The molecule has 0 aliphatic heterocycles. The third-order valence-electron chi connectivity index (χ3n) is 2.37. The smallest absolute Gasteiger partial charge is 0.220 e. The van der Waals surface area contributed by atoms with Crippen LogP contribution in [0, 0.1) is 0 Å². The molecule has 0 bridgehead atoms. The molecule has 5 heteroatoms. The minimum atomic E-state index is 0.317. The number of rotatable bonds is 3. The van der Waals surface area contributed by atoms with E-state index in [0.29, 0.717) is 12.5 Å². The molecule has 0 saturated heterocycles. The number of hydrogen-bond acceptors (Lipinski definition) is 4. The van der Waals surface area contributed by atoms with Gasteiger partial charge in [-0.2, -0.15) is 0 Å². The highest BCUT2D eigenvalue weighted by atomic mass is 79.9. The van der Waals surface area contributed by atoms with Crippen LogP contribution < -0.4 is 11.5 Å². The van der Waals surface area contributed by atoms with E-state index in [4.69, 9.17) is 11.5 Å². The maximum absolute atomic E-state index is 5.68. The second-order valence-corrected chi connectivity index (χ2v) is 4.50. The van der Waals surface area contributed by atoms with Crippen molar-refractivity contribution in [3.8, 4) is 0 Å². The Hall–Kier alpha value is -1.20. The zero-order chi connectivity index (χ0) is 11.5. The molecular weight excluding hydrogens is 268 g/mol. The van der Waals surface area contributed by atoms with Crippen LogP contribution in [0.15, 0.2) is 22.7 Å². The van der Waals surface area contributed by atoms with Gasteiger partial charge in [-0.15, -0.1) is 0 Å². The van der Waals surface area contributed by atoms with E-state index in [2.05, 4.69) is 25.9 Å². The first-order valence-corrected chi connectivity index (χ1v) is 5.91. The Bertz CT molecular complexity index is 507. The van der Waals surface area contributed by atoms with E-state index in [1.54, 1.807) is 0 Å². The zero-order valence-electron chi connectivity index (χ0n) is 8.78. The molecule has 84 valence electrons. The molecule has 0 aliphatic carbocycles. The number of aryl methyl sites for hydroxylation is 1. The fraction of sp³-hybridized carbons (Fsp3) is 0.273. The third-order valence-corrected chi connectivity index (χ3v) is 2.87. The van der Waals surface area contributed by atoms with Gasteiger partial charge in [0.05, 0.1) is 11.2 Å². The Morgan fingerprint density at radius 2 is 2.06 bits per heavy atom. The molecule has 0 radical (unpaired) electrons. The highest BCUT2D eigenvalue weighted by Gasteiger charge is 2.06. The molecule has 2 rings (SSSR count). The molecule has 0 saturated carbocycles. The number of nitrogen functional groups attached to an aromatic ring is 1. The molecular formula is C11H13BrN4. The summed E-state index contributed by atoms with van der Waals surface area (Å²) in [5.41, 5.74) is 13.0. The van der Waals surface area contributed by atoms with E-state index in [1.165, 1.54) is 0 Å². The van der Waals surface area contributed by atoms with E-state index >= 15 is 0 Å². The predicted molar refractivity (Wildman–Crippen MR) is 69.0 cm³/mol. The normalized spacial score (nSPS) is 10.9. The quantitative estimate of drug-likeness (QED) is 0.900. The largest absolute Gasteiger partial charge is 0.368 e. The lowest BCUT2D eigenvalue weighted by atomic mass is 10.1. The van der Waals surface area contributed by atoms with Crippen molar-refractivity contribution >= 4 is 32.8 Å². The summed E-state index contributed by atoms with van der Waals surface area (Å²) in [6, 6.07) is 5.93. The van der Waals surface area contributed by atoms with Crippen LogP contribution in [0.3, 0.4) is 0 Å². The Labute approximate surface area is 102 Å². The number of fused-ring (bicyclic) bond motifs is 1. The van der Waals surface area contributed by atoms with Gasteiger partial charge < -0.3 is 11.5 Å². The molecule has 0 unspecified atom stereocenters. The van der Waals surface area contributed by atoms with Crippen LogP contribution in [0.1, 0.15) is 12.1 Å². The molecule has 0 amide bonds. The van der Waals surface area contributed by atoms with Gasteiger partial charge in [0.1, 0.15) is 0 Å². The molecule has 0 atom stereocenters. The predicted octanol–water partition coefficient (Wildman–Crippen LogP) is 1.87. The van der Waals surface area contributed by atoms with E-state index < -0.39 is 0 Å². The van der Waals surface area contributed by atoms with Gasteiger partial charge in [-0.25, -0.2) is 9.97 Å². The molecule has 1 aromatic carbocycles. The van der Waals surface area contributed by atoms with Crippen LogP contribution in [0.4, 0.5) is 5.95 Å². The van der Waals surface area contributed by atoms with Crippen molar-refractivity contribution in [3.05, 3.63) is 28.4 Å². The monoisotopic (exact) mass is 280 g/mol. The van der Waals surface area contributed by atoms with Crippen molar-refractivity contribution in [3.63, 3.8) is 0 Å². The summed E-state index contributed by atoms with van der Waals surface area (Å²) in [4.78, 5) is 8.47. The molecule has 4 nitrogen and oxygen atoms in total. The van der Waals surface area contributed by atoms with E-state index in [0.717, 1.165) is 33.9 Å². The summed E-state index contributed by atoms with van der Waals surface area (Å²) in [5, 5.41) is 1.05. The van der Waals surface area contributed by atoms with Crippen molar-refractivity contribution in [1.82, 2.24) is 9.97 Å². The van der Waals surface area contributed by atoms with Crippen molar-refractivity contribution < 1.29 is 0 Å². The fourth-order valence-electron chi connectivity index (χ4n) is 1.65. The van der Waals surface area contributed by atoms with Gasteiger partial charge in [-0.3, -0.25) is 0 Å². The number of nitrogens with zero attached hydrogens (tertiary/aromatic N) is 2. The van der Waals surface area contributed by atoms with Crippen LogP contribution in [-0.4, -0.2) is 16.5 Å². The zero-order valence-corrected chi connectivity index (χ0v) is 10.4. The highest BCUT2D eigenvalue weighted by molar-refractivity contribution is 9.10. The van der Waals surface area contributed by atoms with Crippen LogP contribution in [0.25, 0.3) is 10.9 Å². The summed E-state index contributed by atoms with van der Waals surface area (Å²) in [6.45, 7) is 0.655. The van der Waals surface area contributed by atoms with Crippen molar-refractivity contribution in [1.29, 1.82) is 0 Å². The maximum atomic E-state index is 5.68. The van der Waals surface area contributed by atoms with Gasteiger partial charge in [0, 0.05) is 9.86 Å². The molecule has 1 heterocycles. The average Bonchev–Trinajstić information content (AvgIpc) is 2.25. The molecule has 1 aromatic heterocycles. The standard InChI is InChI=1S/C11H13BrN4/c12-7-3-4-8-9(2-1-5-13)15-11(14)16-10(8)6-7/h3-4,6H,1-2,5,13H2,(H2,14,15,16). The van der Waals surface area contributed by atoms with Crippen LogP contribution >= 0.6 is 15.9 Å². The SMILES string of the molecule is NCCCc1nc(N)nc2cc(Br)ccc12. The lowest BCUT2D eigenvalue weighted by Gasteiger charge is -2.06. The number of anilines is 1. The Balaban J connectivity index is 2.54. The molecule has 16 heavy (non-hydrogen) atoms. The minimum Gasteiger partial charge on any atom is -0.368 e. The summed E-state index contributed by atoms with van der Waals surface area (Å²) < 4.78 is 0.989. The number of benzene rings is 1. The highest BCUT2D eigenvalue weighted by Crippen LogP contribution is 2.22. The van der Waals surface area contributed by atoms with Crippen LogP contribution in [-0.2, 0) is 6.42 Å². The number of halogens is 1. The minimum absolute atomic E-state index is 0.317. The first kappa shape index (κ1) is 11.3. The van der Waals surface area contributed by atoms with Crippen molar-refractivity contribution in [2.75, 3.05) is 12.3 Å². The van der Waals surface area contributed by atoms with E-state index in [9.17, 15) is 0 Å². The van der Waals surface area contributed by atoms with Gasteiger partial charge in [-0.05, 0) is 37.6 Å². The average molecular weight is 281 g/mol. The first-order valence-electron chi connectivity index (χ1n) is 5.12. The molecule has 4 N–H and O–H groups in total.